The summed E-state index contributed by atoms with van der Waals surface area (Å²) >= 11 is 0. The molecule has 168 valence electrons. The zero-order chi connectivity index (χ0) is 20.7. The van der Waals surface area contributed by atoms with Gasteiger partial charge in [-0.2, -0.15) is 0 Å². The van der Waals surface area contributed by atoms with E-state index in [4.69, 9.17) is 4.74 Å². The van der Waals surface area contributed by atoms with Crippen LogP contribution in [0.1, 0.15) is 87.7 Å². The quantitative estimate of drug-likeness (QED) is 0.271. The predicted molar refractivity (Wildman–Crippen MR) is 131 cm³/mol. The van der Waals surface area contributed by atoms with E-state index in [9.17, 15) is 0 Å². The van der Waals surface area contributed by atoms with Crippen LogP contribution in [0.2, 0.25) is 0 Å². The zero-order valence-electron chi connectivity index (χ0n) is 19.2. The van der Waals surface area contributed by atoms with Crippen molar-refractivity contribution in [3.63, 3.8) is 0 Å². The van der Waals surface area contributed by atoms with Gasteiger partial charge in [0.15, 0.2) is 0 Å². The fourth-order valence-electron chi connectivity index (χ4n) is 3.79. The standard InChI is InChI=1S/C27H41OS.ClH/c1-4-5-6-7-8-9-10-11-12-14-19-24-20-17-18-23-26(24)28-27(29(2)3)25-21-15-13-16-22-25;/h13,15-18,20-23,27H,4-12,14,19H2,1-3H3;1H/q+1;/p-1. The first-order valence-corrected chi connectivity index (χ1v) is 13.7. The number of halogens is 1. The van der Waals surface area contributed by atoms with Crippen molar-refractivity contribution in [2.45, 2.75) is 83.0 Å². The molecule has 0 aliphatic rings. The zero-order valence-corrected chi connectivity index (χ0v) is 20.8. The molecule has 0 aliphatic carbocycles. The van der Waals surface area contributed by atoms with Crippen LogP contribution in [0.5, 0.6) is 5.75 Å². The molecular weight excluding hydrogens is 408 g/mol. The molecule has 0 N–H and O–H groups in total. The smallest absolute Gasteiger partial charge is 0.282 e. The minimum absolute atomic E-state index is 0. The number of hydrogen-bond donors (Lipinski definition) is 0. The maximum absolute atomic E-state index is 6.55. The highest BCUT2D eigenvalue weighted by Gasteiger charge is 2.26. The summed E-state index contributed by atoms with van der Waals surface area (Å²) in [6.07, 6.45) is 19.5. The third kappa shape index (κ3) is 10.3. The molecule has 1 unspecified atom stereocenters. The molecule has 0 aromatic heterocycles. The third-order valence-corrected chi connectivity index (χ3v) is 6.73. The van der Waals surface area contributed by atoms with Crippen molar-refractivity contribution in [3.05, 3.63) is 65.7 Å². The molecule has 1 atom stereocenters. The Morgan fingerprint density at radius 3 is 1.83 bits per heavy atom. The van der Waals surface area contributed by atoms with Crippen LogP contribution < -0.4 is 17.1 Å². The SMILES string of the molecule is CCCCCCCCCCCCc1ccccc1OC(c1ccccc1)[S+](C)C.[Cl-]. The summed E-state index contributed by atoms with van der Waals surface area (Å²) in [5, 5.41) is 0. The molecule has 0 aliphatic heterocycles. The van der Waals surface area contributed by atoms with E-state index in [0.29, 0.717) is 0 Å². The Bertz CT molecular complexity index is 659. The molecule has 0 spiro atoms. The summed E-state index contributed by atoms with van der Waals surface area (Å²) in [5.74, 6) is 1.07. The topological polar surface area (TPSA) is 9.23 Å². The maximum Gasteiger partial charge on any atom is 0.282 e. The number of unbranched alkanes of at least 4 members (excludes halogenated alkanes) is 9. The molecule has 30 heavy (non-hydrogen) atoms. The first kappa shape index (κ1) is 26.9. The second-order valence-electron chi connectivity index (χ2n) is 8.28. The van der Waals surface area contributed by atoms with Gasteiger partial charge >= 0.3 is 0 Å². The normalized spacial score (nSPS) is 11.9. The first-order valence-electron chi connectivity index (χ1n) is 11.6. The van der Waals surface area contributed by atoms with Crippen molar-refractivity contribution in [1.29, 1.82) is 0 Å². The number of para-hydroxylation sites is 1. The lowest BCUT2D eigenvalue weighted by Gasteiger charge is -2.18. The first-order chi connectivity index (χ1) is 14.2. The highest BCUT2D eigenvalue weighted by Crippen LogP contribution is 2.30. The lowest BCUT2D eigenvalue weighted by Crippen LogP contribution is -3.00. The van der Waals surface area contributed by atoms with E-state index in [1.807, 2.05) is 0 Å². The van der Waals surface area contributed by atoms with Crippen LogP contribution >= 0.6 is 0 Å². The van der Waals surface area contributed by atoms with E-state index in [1.165, 1.54) is 75.3 Å². The van der Waals surface area contributed by atoms with Crippen molar-refractivity contribution in [3.8, 4) is 5.75 Å². The second-order valence-corrected chi connectivity index (χ2v) is 10.5. The summed E-state index contributed by atoms with van der Waals surface area (Å²) in [4.78, 5) is 0. The van der Waals surface area contributed by atoms with Gasteiger partial charge in [0, 0.05) is 16.5 Å². The van der Waals surface area contributed by atoms with Crippen LogP contribution in [0, 0.1) is 0 Å². The van der Waals surface area contributed by atoms with Gasteiger partial charge in [0.25, 0.3) is 5.44 Å². The van der Waals surface area contributed by atoms with Gasteiger partial charge in [-0.1, -0.05) is 113 Å². The number of ether oxygens (including phenoxy) is 1. The summed E-state index contributed by atoms with van der Waals surface area (Å²) in [6, 6.07) is 19.3. The summed E-state index contributed by atoms with van der Waals surface area (Å²) in [6.45, 7) is 2.29. The van der Waals surface area contributed by atoms with Gasteiger partial charge in [0.05, 0.1) is 0 Å². The van der Waals surface area contributed by atoms with E-state index in [2.05, 4.69) is 74.0 Å². The van der Waals surface area contributed by atoms with Crippen molar-refractivity contribution in [2.24, 2.45) is 0 Å². The minimum atomic E-state index is 0. The Morgan fingerprint density at radius 1 is 0.700 bits per heavy atom. The molecule has 3 heteroatoms. The summed E-state index contributed by atoms with van der Waals surface area (Å²) in [5.41, 5.74) is 2.76. The molecule has 2 aromatic carbocycles. The molecule has 1 nitrogen and oxygen atoms in total. The van der Waals surface area contributed by atoms with E-state index < -0.39 is 0 Å². The van der Waals surface area contributed by atoms with Gasteiger partial charge in [-0.15, -0.1) is 0 Å². The number of benzene rings is 2. The molecule has 0 saturated carbocycles. The maximum atomic E-state index is 6.55. The van der Waals surface area contributed by atoms with Crippen LogP contribution in [-0.2, 0) is 17.3 Å². The molecule has 2 rings (SSSR count). The Labute approximate surface area is 194 Å². The van der Waals surface area contributed by atoms with Crippen molar-refractivity contribution in [1.82, 2.24) is 0 Å². The molecule has 0 fully saturated rings. The lowest BCUT2D eigenvalue weighted by molar-refractivity contribution is -0.00000655. The van der Waals surface area contributed by atoms with Crippen LogP contribution in [0.15, 0.2) is 54.6 Å². The fourth-order valence-corrected chi connectivity index (χ4v) is 4.79. The Balaban J connectivity index is 0.00000450. The molecule has 2 aromatic rings. The summed E-state index contributed by atoms with van der Waals surface area (Å²) < 4.78 is 6.55. The molecule has 0 bridgehead atoms. The molecule has 0 radical (unpaired) electrons. The van der Waals surface area contributed by atoms with E-state index >= 15 is 0 Å². The van der Waals surface area contributed by atoms with Gasteiger partial charge < -0.3 is 17.1 Å². The van der Waals surface area contributed by atoms with E-state index in [0.717, 1.165) is 12.2 Å². The summed E-state index contributed by atoms with van der Waals surface area (Å²) in [7, 11) is 0.150. The average Bonchev–Trinajstić information content (AvgIpc) is 2.74. The Hall–Kier alpha value is -1.12. The monoisotopic (exact) mass is 448 g/mol. The largest absolute Gasteiger partial charge is 1.00 e. The lowest BCUT2D eigenvalue weighted by atomic mass is 10.0. The minimum Gasteiger partial charge on any atom is -1.00 e. The van der Waals surface area contributed by atoms with Gasteiger partial charge in [-0.25, -0.2) is 0 Å². The van der Waals surface area contributed by atoms with Gasteiger partial charge in [-0.05, 0) is 24.5 Å². The van der Waals surface area contributed by atoms with Gasteiger partial charge in [0.2, 0.25) is 0 Å². The highest BCUT2D eigenvalue weighted by molar-refractivity contribution is 7.95. The van der Waals surface area contributed by atoms with Gasteiger partial charge in [-0.3, -0.25) is 0 Å². The van der Waals surface area contributed by atoms with Crippen LogP contribution in [-0.4, -0.2) is 12.5 Å². The van der Waals surface area contributed by atoms with Crippen LogP contribution in [0.25, 0.3) is 0 Å². The van der Waals surface area contributed by atoms with Gasteiger partial charge in [0.1, 0.15) is 18.3 Å². The van der Waals surface area contributed by atoms with E-state index in [1.54, 1.807) is 0 Å². The van der Waals surface area contributed by atoms with Crippen LogP contribution in [0.4, 0.5) is 0 Å². The molecule has 0 saturated heterocycles. The number of hydrogen-bond acceptors (Lipinski definition) is 1. The Kier molecular flexibility index (Phi) is 14.9. The van der Waals surface area contributed by atoms with Crippen LogP contribution in [0.3, 0.4) is 0 Å². The number of rotatable bonds is 15. The molecule has 0 heterocycles. The molecular formula is C27H41ClOS. The number of aryl methyl sites for hydroxylation is 1. The van der Waals surface area contributed by atoms with Crippen molar-refractivity contribution < 1.29 is 17.1 Å². The predicted octanol–water partition coefficient (Wildman–Crippen LogP) is 5.11. The van der Waals surface area contributed by atoms with Crippen molar-refractivity contribution >= 4 is 10.9 Å². The van der Waals surface area contributed by atoms with E-state index in [-0.39, 0.29) is 28.7 Å². The fraction of sp³-hybridized carbons (Fsp3) is 0.556. The third-order valence-electron chi connectivity index (χ3n) is 5.51. The highest BCUT2D eigenvalue weighted by atomic mass is 35.5. The van der Waals surface area contributed by atoms with Crippen molar-refractivity contribution in [2.75, 3.05) is 12.5 Å². The second kappa shape index (κ2) is 16.6. The molecule has 0 amide bonds. The Morgan fingerprint density at radius 2 is 1.23 bits per heavy atom. The average molecular weight is 449 g/mol.